The van der Waals surface area contributed by atoms with Gasteiger partial charge in [0.2, 0.25) is 0 Å². The number of likely N-dealkylation sites (tertiary alicyclic amines) is 1. The third kappa shape index (κ3) is 4.90. The second-order valence-electron chi connectivity index (χ2n) is 4.48. The molecule has 0 aliphatic carbocycles. The third-order valence-corrected chi connectivity index (χ3v) is 3.24. The van der Waals surface area contributed by atoms with Gasteiger partial charge in [-0.1, -0.05) is 11.6 Å². The summed E-state index contributed by atoms with van der Waals surface area (Å²) in [4.78, 5) is 13.7. The number of carbonyl (C=O) groups excluding carboxylic acids is 1. The van der Waals surface area contributed by atoms with Crippen molar-refractivity contribution in [3.63, 3.8) is 0 Å². The fourth-order valence-electron chi connectivity index (χ4n) is 2.00. The van der Waals surface area contributed by atoms with E-state index < -0.39 is 0 Å². The lowest BCUT2D eigenvalue weighted by Crippen LogP contribution is -2.47. The Bertz CT molecular complexity index is 412. The molecule has 4 nitrogen and oxygen atoms in total. The first-order valence-electron chi connectivity index (χ1n) is 6.07. The van der Waals surface area contributed by atoms with Crippen molar-refractivity contribution in [2.75, 3.05) is 19.7 Å². The van der Waals surface area contributed by atoms with Crippen LogP contribution in [0.3, 0.4) is 0 Å². The van der Waals surface area contributed by atoms with Gasteiger partial charge in [0.25, 0.3) is 5.91 Å². The lowest BCUT2D eigenvalue weighted by atomic mass is 10.1. The van der Waals surface area contributed by atoms with E-state index in [4.69, 9.17) is 22.1 Å². The zero-order chi connectivity index (χ0) is 13.0. The van der Waals surface area contributed by atoms with Crippen molar-refractivity contribution in [1.29, 1.82) is 0 Å². The van der Waals surface area contributed by atoms with Crippen molar-refractivity contribution in [3.8, 4) is 5.75 Å². The standard InChI is InChI=1S/C13H17ClN2O2.ClH/c14-10-3-5-12(6-4-10)18-9-13(17)16-7-1-2-11(15)8-16;/h3-6,11H,1-2,7-9,15H2;1H/t11-;/m1./s1. The third-order valence-electron chi connectivity index (χ3n) is 2.99. The maximum atomic E-state index is 11.9. The van der Waals surface area contributed by atoms with E-state index in [0.717, 1.165) is 19.4 Å². The predicted molar refractivity (Wildman–Crippen MR) is 78.0 cm³/mol. The van der Waals surface area contributed by atoms with Gasteiger partial charge in [-0.2, -0.15) is 0 Å². The quantitative estimate of drug-likeness (QED) is 0.930. The zero-order valence-electron chi connectivity index (χ0n) is 10.5. The van der Waals surface area contributed by atoms with Crippen molar-refractivity contribution >= 4 is 29.9 Å². The summed E-state index contributed by atoms with van der Waals surface area (Å²) in [5.41, 5.74) is 5.84. The normalized spacial score (nSPS) is 18.6. The molecule has 0 unspecified atom stereocenters. The van der Waals surface area contributed by atoms with Crippen LogP contribution in [-0.4, -0.2) is 36.5 Å². The molecule has 0 bridgehead atoms. The summed E-state index contributed by atoms with van der Waals surface area (Å²) in [5.74, 6) is 0.633. The Kier molecular flexibility index (Phi) is 6.42. The van der Waals surface area contributed by atoms with Gasteiger partial charge in [0.1, 0.15) is 5.75 Å². The smallest absolute Gasteiger partial charge is 0.260 e. The van der Waals surface area contributed by atoms with Crippen LogP contribution in [-0.2, 0) is 4.79 Å². The Morgan fingerprint density at radius 1 is 1.42 bits per heavy atom. The van der Waals surface area contributed by atoms with Gasteiger partial charge in [-0.25, -0.2) is 0 Å². The average molecular weight is 305 g/mol. The van der Waals surface area contributed by atoms with Crippen molar-refractivity contribution < 1.29 is 9.53 Å². The molecule has 1 saturated heterocycles. The number of halogens is 2. The van der Waals surface area contributed by atoms with Gasteiger partial charge in [0, 0.05) is 24.2 Å². The molecule has 0 spiro atoms. The summed E-state index contributed by atoms with van der Waals surface area (Å²) in [6.07, 6.45) is 1.95. The van der Waals surface area contributed by atoms with E-state index in [1.807, 2.05) is 0 Å². The monoisotopic (exact) mass is 304 g/mol. The van der Waals surface area contributed by atoms with E-state index in [9.17, 15) is 4.79 Å². The minimum atomic E-state index is -0.0138. The van der Waals surface area contributed by atoms with Gasteiger partial charge in [-0.05, 0) is 37.1 Å². The summed E-state index contributed by atoms with van der Waals surface area (Å²) in [7, 11) is 0. The number of benzene rings is 1. The van der Waals surface area contributed by atoms with Crippen LogP contribution < -0.4 is 10.5 Å². The van der Waals surface area contributed by atoms with E-state index in [1.54, 1.807) is 29.2 Å². The number of carbonyl (C=O) groups is 1. The summed E-state index contributed by atoms with van der Waals surface area (Å²) in [6, 6.07) is 7.06. The van der Waals surface area contributed by atoms with Crippen molar-refractivity contribution in [3.05, 3.63) is 29.3 Å². The molecule has 0 radical (unpaired) electrons. The molecule has 2 rings (SSSR count). The maximum Gasteiger partial charge on any atom is 0.260 e. The van der Waals surface area contributed by atoms with Gasteiger partial charge in [0.05, 0.1) is 0 Å². The molecular formula is C13H18Cl2N2O2. The summed E-state index contributed by atoms with van der Waals surface area (Å²) >= 11 is 5.77. The van der Waals surface area contributed by atoms with Gasteiger partial charge in [-0.3, -0.25) is 4.79 Å². The molecule has 106 valence electrons. The van der Waals surface area contributed by atoms with Crippen LogP contribution in [0.4, 0.5) is 0 Å². The highest BCUT2D eigenvalue weighted by Gasteiger charge is 2.21. The first-order valence-corrected chi connectivity index (χ1v) is 6.44. The van der Waals surface area contributed by atoms with Gasteiger partial charge in [0.15, 0.2) is 6.61 Å². The molecule has 1 aliphatic rings. The molecule has 0 saturated carbocycles. The largest absolute Gasteiger partial charge is 0.484 e. The molecular weight excluding hydrogens is 287 g/mol. The Balaban J connectivity index is 0.00000180. The molecule has 1 heterocycles. The van der Waals surface area contributed by atoms with Crippen LogP contribution >= 0.6 is 24.0 Å². The van der Waals surface area contributed by atoms with Gasteiger partial charge in [-0.15, -0.1) is 12.4 Å². The topological polar surface area (TPSA) is 55.6 Å². The first kappa shape index (κ1) is 16.1. The van der Waals surface area contributed by atoms with Crippen molar-refractivity contribution in [1.82, 2.24) is 4.90 Å². The van der Waals surface area contributed by atoms with Gasteiger partial charge < -0.3 is 15.4 Å². The average Bonchev–Trinajstić information content (AvgIpc) is 2.38. The van der Waals surface area contributed by atoms with Crippen LogP contribution in [0.2, 0.25) is 5.02 Å². The van der Waals surface area contributed by atoms with Crippen molar-refractivity contribution in [2.24, 2.45) is 5.73 Å². The summed E-state index contributed by atoms with van der Waals surface area (Å²) < 4.78 is 5.42. The molecule has 0 aromatic heterocycles. The highest BCUT2D eigenvalue weighted by atomic mass is 35.5. The van der Waals surface area contributed by atoms with E-state index >= 15 is 0 Å². The molecule has 2 N–H and O–H groups in total. The number of ether oxygens (including phenoxy) is 1. The lowest BCUT2D eigenvalue weighted by molar-refractivity contribution is -0.134. The lowest BCUT2D eigenvalue weighted by Gasteiger charge is -2.30. The Morgan fingerprint density at radius 2 is 2.11 bits per heavy atom. The molecule has 1 fully saturated rings. The number of hydrogen-bond acceptors (Lipinski definition) is 3. The number of hydrogen-bond donors (Lipinski definition) is 1. The van der Waals surface area contributed by atoms with Crippen LogP contribution in [0.1, 0.15) is 12.8 Å². The van der Waals surface area contributed by atoms with E-state index in [0.29, 0.717) is 17.3 Å². The molecule has 1 aromatic rings. The molecule has 1 aliphatic heterocycles. The van der Waals surface area contributed by atoms with Crippen LogP contribution in [0.15, 0.2) is 24.3 Å². The van der Waals surface area contributed by atoms with Gasteiger partial charge >= 0.3 is 0 Å². The number of nitrogens with zero attached hydrogens (tertiary/aromatic N) is 1. The zero-order valence-corrected chi connectivity index (χ0v) is 12.1. The molecule has 1 atom stereocenters. The van der Waals surface area contributed by atoms with E-state index in [1.165, 1.54) is 0 Å². The minimum absolute atomic E-state index is 0. The van der Waals surface area contributed by atoms with E-state index in [-0.39, 0.29) is 31.0 Å². The number of rotatable bonds is 3. The fourth-order valence-corrected chi connectivity index (χ4v) is 2.13. The Labute approximate surface area is 124 Å². The minimum Gasteiger partial charge on any atom is -0.484 e. The van der Waals surface area contributed by atoms with E-state index in [2.05, 4.69) is 0 Å². The number of piperidine rings is 1. The van der Waals surface area contributed by atoms with Crippen LogP contribution in [0.5, 0.6) is 5.75 Å². The predicted octanol–water partition coefficient (Wildman–Crippen LogP) is 2.09. The Morgan fingerprint density at radius 3 is 2.74 bits per heavy atom. The fraction of sp³-hybridized carbons (Fsp3) is 0.462. The summed E-state index contributed by atoms with van der Waals surface area (Å²) in [6.45, 7) is 1.45. The maximum absolute atomic E-state index is 11.9. The summed E-state index contributed by atoms with van der Waals surface area (Å²) in [5, 5.41) is 0.649. The van der Waals surface area contributed by atoms with Crippen LogP contribution in [0.25, 0.3) is 0 Å². The second-order valence-corrected chi connectivity index (χ2v) is 4.92. The molecule has 1 amide bonds. The molecule has 1 aromatic carbocycles. The number of amides is 1. The Hall–Kier alpha value is -0.970. The molecule has 19 heavy (non-hydrogen) atoms. The first-order chi connectivity index (χ1) is 8.65. The van der Waals surface area contributed by atoms with Crippen molar-refractivity contribution in [2.45, 2.75) is 18.9 Å². The van der Waals surface area contributed by atoms with Crippen LogP contribution in [0, 0.1) is 0 Å². The highest BCUT2D eigenvalue weighted by Crippen LogP contribution is 2.16. The molecule has 6 heteroatoms. The SMILES string of the molecule is Cl.N[C@@H]1CCCN(C(=O)COc2ccc(Cl)cc2)C1. The second kappa shape index (κ2) is 7.58. The highest BCUT2D eigenvalue weighted by molar-refractivity contribution is 6.30. The number of nitrogens with two attached hydrogens (primary N) is 1.